The van der Waals surface area contributed by atoms with Gasteiger partial charge in [-0.1, -0.05) is 58.0 Å². The minimum absolute atomic E-state index is 0.108. The van der Waals surface area contributed by atoms with E-state index in [1.807, 2.05) is 49.8 Å². The second kappa shape index (κ2) is 16.0. The zero-order valence-corrected chi connectivity index (χ0v) is 32.7. The zero-order chi connectivity index (χ0) is 39.7. The van der Waals surface area contributed by atoms with Crippen LogP contribution in [0, 0.1) is 11.8 Å². The van der Waals surface area contributed by atoms with Crippen LogP contribution >= 0.6 is 0 Å². The molecule has 5 aromatic rings. The van der Waals surface area contributed by atoms with Gasteiger partial charge in [0, 0.05) is 18.7 Å². The largest absolute Gasteiger partial charge is 0.453 e. The summed E-state index contributed by atoms with van der Waals surface area (Å²) >= 11 is 0. The highest BCUT2D eigenvalue weighted by atomic mass is 16.5. The number of nitrogens with one attached hydrogen (secondary N) is 4. The molecule has 0 saturated carbocycles. The first-order valence-corrected chi connectivity index (χ1v) is 19.3. The van der Waals surface area contributed by atoms with Gasteiger partial charge < -0.3 is 39.9 Å². The average molecular weight is 763 g/mol. The first-order chi connectivity index (χ1) is 26.9. The first-order valence-electron chi connectivity index (χ1n) is 19.3. The highest BCUT2D eigenvalue weighted by Gasteiger charge is 2.39. The molecule has 2 saturated heterocycles. The van der Waals surface area contributed by atoms with E-state index in [4.69, 9.17) is 19.4 Å². The van der Waals surface area contributed by atoms with Crippen LogP contribution in [-0.2, 0) is 19.1 Å². The number of hydrogen-bond acceptors (Lipinski definition) is 8. The van der Waals surface area contributed by atoms with Gasteiger partial charge in [0.1, 0.15) is 23.7 Å². The summed E-state index contributed by atoms with van der Waals surface area (Å²) in [5.74, 6) is 0.963. The maximum atomic E-state index is 13.6. The van der Waals surface area contributed by atoms with E-state index in [2.05, 4.69) is 69.1 Å². The minimum atomic E-state index is -0.693. The number of aromatic amines is 2. The summed E-state index contributed by atoms with van der Waals surface area (Å²) in [6, 6.07) is 17.0. The standard InChI is InChI=1S/C42H50N8O6/c1-23(2)35(47-41(53)55-5)39(51)49-17-7-9-33(49)37-43-22-32(46-37)29-14-13-25-19-26(11-12-27(25)20-29)28-15-16-30-31(21-28)45-38(44-30)34-10-8-18-50(34)40(52)36(24(3)4)48-42(54)56-6/h11-16,19-24,33-36H,7-10,17-18H2,1-6H3,(H,43,46)(H,44,45)(H,47,53)(H,48,54)/t33?,34?,35-,36-/m0/s1. The van der Waals surface area contributed by atoms with Crippen molar-refractivity contribution in [1.29, 1.82) is 0 Å². The summed E-state index contributed by atoms with van der Waals surface area (Å²) in [6.45, 7) is 8.80. The number of benzene rings is 3. The molecule has 2 aliphatic heterocycles. The lowest BCUT2D eigenvalue weighted by atomic mass is 9.99. The van der Waals surface area contributed by atoms with Gasteiger partial charge >= 0.3 is 12.2 Å². The van der Waals surface area contributed by atoms with E-state index in [1.165, 1.54) is 14.2 Å². The Morgan fingerprint density at radius 1 is 0.696 bits per heavy atom. The van der Waals surface area contributed by atoms with Crippen molar-refractivity contribution in [2.75, 3.05) is 27.3 Å². The lowest BCUT2D eigenvalue weighted by Crippen LogP contribution is -2.51. The van der Waals surface area contributed by atoms with Crippen LogP contribution < -0.4 is 10.6 Å². The fraction of sp³-hybridized carbons (Fsp3) is 0.429. The van der Waals surface area contributed by atoms with Crippen LogP contribution in [0.5, 0.6) is 0 Å². The average Bonchev–Trinajstić information content (AvgIpc) is 4.03. The number of H-pyrrole nitrogens is 2. The topological polar surface area (TPSA) is 175 Å². The summed E-state index contributed by atoms with van der Waals surface area (Å²) in [7, 11) is 2.58. The maximum Gasteiger partial charge on any atom is 0.407 e. The molecule has 4 amide bonds. The number of rotatable bonds is 10. The van der Waals surface area contributed by atoms with E-state index in [-0.39, 0.29) is 35.7 Å². The molecule has 0 spiro atoms. The Kier molecular flexibility index (Phi) is 11.0. The number of nitrogens with zero attached hydrogens (tertiary/aromatic N) is 4. The molecule has 4 atom stereocenters. The molecular formula is C42H50N8O6. The number of carbonyl (C=O) groups excluding carboxylic acids is 4. The third-order valence-electron chi connectivity index (χ3n) is 11.1. The van der Waals surface area contributed by atoms with E-state index in [1.54, 1.807) is 0 Å². The number of ether oxygens (including phenoxy) is 2. The number of amides is 4. The van der Waals surface area contributed by atoms with Gasteiger partial charge in [-0.2, -0.15) is 0 Å². The number of aromatic nitrogens is 4. The molecule has 2 aromatic heterocycles. The highest BCUT2D eigenvalue weighted by Crippen LogP contribution is 2.36. The normalized spacial score (nSPS) is 18.1. The molecule has 2 fully saturated rings. The predicted octanol–water partition coefficient (Wildman–Crippen LogP) is 6.86. The predicted molar refractivity (Wildman–Crippen MR) is 212 cm³/mol. The van der Waals surface area contributed by atoms with Crippen LogP contribution in [0.1, 0.15) is 77.1 Å². The van der Waals surface area contributed by atoms with E-state index >= 15 is 0 Å². The Bertz CT molecular complexity index is 2260. The summed E-state index contributed by atoms with van der Waals surface area (Å²) in [6.07, 6.45) is 3.82. The van der Waals surface area contributed by atoms with Gasteiger partial charge in [0.05, 0.1) is 49.2 Å². The fourth-order valence-corrected chi connectivity index (χ4v) is 8.00. The van der Waals surface area contributed by atoms with Crippen molar-refractivity contribution >= 4 is 45.8 Å². The Morgan fingerprint density at radius 3 is 1.79 bits per heavy atom. The zero-order valence-electron chi connectivity index (χ0n) is 32.7. The van der Waals surface area contributed by atoms with Gasteiger partial charge in [0.15, 0.2) is 0 Å². The summed E-state index contributed by atoms with van der Waals surface area (Å²) in [4.78, 5) is 71.4. The molecule has 14 nitrogen and oxygen atoms in total. The molecule has 0 aliphatic carbocycles. The van der Waals surface area contributed by atoms with Gasteiger partial charge in [-0.05, 0) is 83.7 Å². The number of carbonyl (C=O) groups is 4. The summed E-state index contributed by atoms with van der Waals surface area (Å²) < 4.78 is 9.54. The van der Waals surface area contributed by atoms with Crippen LogP contribution in [0.4, 0.5) is 9.59 Å². The van der Waals surface area contributed by atoms with Gasteiger partial charge in [-0.25, -0.2) is 19.6 Å². The Hall–Kier alpha value is -5.92. The summed E-state index contributed by atoms with van der Waals surface area (Å²) in [5.41, 5.74) is 5.65. The lowest BCUT2D eigenvalue weighted by molar-refractivity contribution is -0.136. The maximum absolute atomic E-state index is 13.6. The molecule has 3 aromatic carbocycles. The third kappa shape index (κ3) is 7.64. The van der Waals surface area contributed by atoms with Crippen molar-refractivity contribution < 1.29 is 28.7 Å². The first kappa shape index (κ1) is 38.4. The van der Waals surface area contributed by atoms with Gasteiger partial charge in [-0.3, -0.25) is 9.59 Å². The number of methoxy groups -OCH3 is 2. The Balaban J connectivity index is 1.07. The molecule has 294 valence electrons. The minimum Gasteiger partial charge on any atom is -0.453 e. The molecule has 14 heteroatoms. The quantitative estimate of drug-likeness (QED) is 0.119. The number of likely N-dealkylation sites (tertiary alicyclic amines) is 2. The highest BCUT2D eigenvalue weighted by molar-refractivity contribution is 5.92. The number of imidazole rings is 2. The van der Waals surface area contributed by atoms with Crippen LogP contribution in [0.25, 0.3) is 44.2 Å². The molecule has 4 heterocycles. The van der Waals surface area contributed by atoms with Crippen LogP contribution in [0.2, 0.25) is 0 Å². The molecule has 2 aliphatic rings. The van der Waals surface area contributed by atoms with E-state index in [0.717, 1.165) is 81.5 Å². The third-order valence-corrected chi connectivity index (χ3v) is 11.1. The van der Waals surface area contributed by atoms with Crippen molar-refractivity contribution in [3.05, 3.63) is 72.4 Å². The van der Waals surface area contributed by atoms with Crippen LogP contribution in [-0.4, -0.2) is 93.1 Å². The molecule has 4 N–H and O–H groups in total. The van der Waals surface area contributed by atoms with Crippen molar-refractivity contribution in [3.8, 4) is 22.4 Å². The van der Waals surface area contributed by atoms with E-state index in [9.17, 15) is 19.2 Å². The van der Waals surface area contributed by atoms with Gasteiger partial charge in [0.2, 0.25) is 11.8 Å². The number of hydrogen-bond donors (Lipinski definition) is 4. The molecule has 7 rings (SSSR count). The SMILES string of the molecule is COC(=O)N[C@H](C(=O)N1CCCC1c1ncc(-c2ccc3cc(-c4ccc5nc(C6CCCN6C(=O)[C@@H](NC(=O)OC)C(C)C)[nH]c5c4)ccc3c2)[nH]1)C(C)C. The Morgan fingerprint density at radius 2 is 1.21 bits per heavy atom. The summed E-state index contributed by atoms with van der Waals surface area (Å²) in [5, 5.41) is 7.57. The fourth-order valence-electron chi connectivity index (χ4n) is 8.00. The van der Waals surface area contributed by atoms with E-state index in [0.29, 0.717) is 13.1 Å². The monoisotopic (exact) mass is 762 g/mol. The number of alkyl carbamates (subject to hydrolysis) is 2. The van der Waals surface area contributed by atoms with Crippen LogP contribution in [0.3, 0.4) is 0 Å². The van der Waals surface area contributed by atoms with Gasteiger partial charge in [-0.15, -0.1) is 0 Å². The van der Waals surface area contributed by atoms with Crippen LogP contribution in [0.15, 0.2) is 60.8 Å². The van der Waals surface area contributed by atoms with Crippen molar-refractivity contribution in [2.45, 2.75) is 77.5 Å². The smallest absolute Gasteiger partial charge is 0.407 e. The van der Waals surface area contributed by atoms with Gasteiger partial charge in [0.25, 0.3) is 0 Å². The van der Waals surface area contributed by atoms with Crippen molar-refractivity contribution in [1.82, 2.24) is 40.4 Å². The Labute approximate surface area is 325 Å². The second-order valence-electron chi connectivity index (χ2n) is 15.4. The van der Waals surface area contributed by atoms with E-state index < -0.39 is 24.3 Å². The second-order valence-corrected chi connectivity index (χ2v) is 15.4. The van der Waals surface area contributed by atoms with Crippen molar-refractivity contribution in [3.63, 3.8) is 0 Å². The number of fused-ring (bicyclic) bond motifs is 2. The molecular weight excluding hydrogens is 713 g/mol. The molecule has 0 radical (unpaired) electrons. The lowest BCUT2D eigenvalue weighted by Gasteiger charge is -2.30. The molecule has 2 unspecified atom stereocenters. The molecule has 56 heavy (non-hydrogen) atoms. The van der Waals surface area contributed by atoms with Crippen molar-refractivity contribution in [2.24, 2.45) is 11.8 Å². The molecule has 0 bridgehead atoms.